The minimum Gasteiger partial charge on any atom is -0.332 e. The standard InChI is InChI=1S/C12H13ClFN3O2/c13-9-7-8(1-2-10(9)14)16-11(18)12(19)17-5-3-15-4-6-17/h1-2,7,15H,3-6H2,(H,16,18). The molecule has 1 aromatic rings. The lowest BCUT2D eigenvalue weighted by molar-refractivity contribution is -0.143. The van der Waals surface area contributed by atoms with E-state index in [-0.39, 0.29) is 5.02 Å². The quantitative estimate of drug-likeness (QED) is 0.752. The molecule has 0 unspecified atom stereocenters. The van der Waals surface area contributed by atoms with Crippen LogP contribution in [0.5, 0.6) is 0 Å². The molecule has 0 aromatic heterocycles. The van der Waals surface area contributed by atoms with E-state index in [0.29, 0.717) is 31.9 Å². The number of halogens is 2. The van der Waals surface area contributed by atoms with Crippen LogP contribution in [0.3, 0.4) is 0 Å². The summed E-state index contributed by atoms with van der Waals surface area (Å²) in [6.07, 6.45) is 0. The van der Waals surface area contributed by atoms with Gasteiger partial charge in [-0.2, -0.15) is 0 Å². The molecule has 0 atom stereocenters. The van der Waals surface area contributed by atoms with Gasteiger partial charge in [-0.05, 0) is 18.2 Å². The van der Waals surface area contributed by atoms with E-state index in [4.69, 9.17) is 11.6 Å². The zero-order chi connectivity index (χ0) is 13.8. The normalized spacial score (nSPS) is 15.2. The Morgan fingerprint density at radius 1 is 1.32 bits per heavy atom. The number of carbonyl (C=O) groups is 2. The summed E-state index contributed by atoms with van der Waals surface area (Å²) in [5.41, 5.74) is 0.292. The molecular weight excluding hydrogens is 273 g/mol. The monoisotopic (exact) mass is 285 g/mol. The lowest BCUT2D eigenvalue weighted by Gasteiger charge is -2.26. The van der Waals surface area contributed by atoms with E-state index < -0.39 is 17.6 Å². The minimum absolute atomic E-state index is 0.104. The summed E-state index contributed by atoms with van der Waals surface area (Å²) < 4.78 is 13.0. The fourth-order valence-electron chi connectivity index (χ4n) is 1.77. The molecule has 1 heterocycles. The second-order valence-corrected chi connectivity index (χ2v) is 4.53. The van der Waals surface area contributed by atoms with Crippen molar-refractivity contribution in [3.05, 3.63) is 29.0 Å². The molecule has 1 saturated heterocycles. The second-order valence-electron chi connectivity index (χ2n) is 4.13. The van der Waals surface area contributed by atoms with Gasteiger partial charge in [0, 0.05) is 31.9 Å². The summed E-state index contributed by atoms with van der Waals surface area (Å²) in [6, 6.07) is 3.75. The Balaban J connectivity index is 1.99. The first-order valence-electron chi connectivity index (χ1n) is 5.84. The molecule has 7 heteroatoms. The Hall–Kier alpha value is -1.66. The molecule has 2 rings (SSSR count). The lowest BCUT2D eigenvalue weighted by atomic mass is 10.3. The third kappa shape index (κ3) is 3.42. The van der Waals surface area contributed by atoms with Gasteiger partial charge in [0.05, 0.1) is 5.02 Å². The van der Waals surface area contributed by atoms with Crippen LogP contribution < -0.4 is 10.6 Å². The highest BCUT2D eigenvalue weighted by Crippen LogP contribution is 2.19. The smallest absolute Gasteiger partial charge is 0.313 e. The predicted octanol–water partition coefficient (Wildman–Crippen LogP) is 0.849. The third-order valence-electron chi connectivity index (χ3n) is 2.78. The van der Waals surface area contributed by atoms with Crippen molar-refractivity contribution in [1.29, 1.82) is 0 Å². The van der Waals surface area contributed by atoms with Crippen LogP contribution in [0.4, 0.5) is 10.1 Å². The van der Waals surface area contributed by atoms with Crippen molar-refractivity contribution in [1.82, 2.24) is 10.2 Å². The number of nitrogens with zero attached hydrogens (tertiary/aromatic N) is 1. The number of benzene rings is 1. The molecule has 0 saturated carbocycles. The molecule has 2 N–H and O–H groups in total. The van der Waals surface area contributed by atoms with E-state index in [1.807, 2.05) is 0 Å². The van der Waals surface area contributed by atoms with Crippen LogP contribution in [0.25, 0.3) is 0 Å². The highest BCUT2D eigenvalue weighted by Gasteiger charge is 2.23. The number of hydrogen-bond donors (Lipinski definition) is 2. The number of piperazine rings is 1. The average molecular weight is 286 g/mol. The Morgan fingerprint density at radius 3 is 2.63 bits per heavy atom. The Labute approximate surface area is 114 Å². The number of carbonyl (C=O) groups excluding carboxylic acids is 2. The fraction of sp³-hybridized carbons (Fsp3) is 0.333. The lowest BCUT2D eigenvalue weighted by Crippen LogP contribution is -2.49. The zero-order valence-corrected chi connectivity index (χ0v) is 10.8. The van der Waals surface area contributed by atoms with Crippen molar-refractivity contribution in [2.24, 2.45) is 0 Å². The van der Waals surface area contributed by atoms with Crippen LogP contribution in [0.2, 0.25) is 5.02 Å². The SMILES string of the molecule is O=C(Nc1ccc(F)c(Cl)c1)C(=O)N1CCNCC1. The molecular formula is C12H13ClFN3O2. The number of nitrogens with one attached hydrogen (secondary N) is 2. The summed E-state index contributed by atoms with van der Waals surface area (Å²) in [7, 11) is 0. The number of hydrogen-bond acceptors (Lipinski definition) is 3. The summed E-state index contributed by atoms with van der Waals surface area (Å²) in [5.74, 6) is -1.92. The van der Waals surface area contributed by atoms with Crippen molar-refractivity contribution in [3.63, 3.8) is 0 Å². The maximum atomic E-state index is 13.0. The summed E-state index contributed by atoms with van der Waals surface area (Å²) in [5, 5.41) is 5.39. The second kappa shape index (κ2) is 5.99. The highest BCUT2D eigenvalue weighted by molar-refractivity contribution is 6.39. The fourth-order valence-corrected chi connectivity index (χ4v) is 1.95. The van der Waals surface area contributed by atoms with Crippen LogP contribution in [0.15, 0.2) is 18.2 Å². The largest absolute Gasteiger partial charge is 0.332 e. The van der Waals surface area contributed by atoms with Crippen LogP contribution in [0.1, 0.15) is 0 Å². The van der Waals surface area contributed by atoms with Crippen LogP contribution >= 0.6 is 11.6 Å². The van der Waals surface area contributed by atoms with Crippen molar-refractivity contribution in [2.75, 3.05) is 31.5 Å². The highest BCUT2D eigenvalue weighted by atomic mass is 35.5. The van der Waals surface area contributed by atoms with Gasteiger partial charge in [0.15, 0.2) is 0 Å². The van der Waals surface area contributed by atoms with E-state index in [9.17, 15) is 14.0 Å². The number of rotatable bonds is 1. The zero-order valence-electron chi connectivity index (χ0n) is 10.1. The molecule has 0 radical (unpaired) electrons. The van der Waals surface area contributed by atoms with Crippen LogP contribution in [-0.4, -0.2) is 42.9 Å². The molecule has 19 heavy (non-hydrogen) atoms. The molecule has 0 bridgehead atoms. The van der Waals surface area contributed by atoms with Gasteiger partial charge in [-0.1, -0.05) is 11.6 Å². The van der Waals surface area contributed by atoms with Gasteiger partial charge in [-0.3, -0.25) is 9.59 Å². The van der Waals surface area contributed by atoms with Crippen LogP contribution in [-0.2, 0) is 9.59 Å². The third-order valence-corrected chi connectivity index (χ3v) is 3.07. The predicted molar refractivity (Wildman–Crippen MR) is 69.5 cm³/mol. The van der Waals surface area contributed by atoms with Gasteiger partial charge < -0.3 is 15.5 Å². The van der Waals surface area contributed by atoms with Crippen molar-refractivity contribution in [3.8, 4) is 0 Å². The van der Waals surface area contributed by atoms with E-state index in [1.165, 1.54) is 17.0 Å². The topological polar surface area (TPSA) is 61.4 Å². The number of amides is 2. The minimum atomic E-state index is -0.746. The molecule has 102 valence electrons. The maximum absolute atomic E-state index is 13.0. The van der Waals surface area contributed by atoms with Gasteiger partial charge in [-0.15, -0.1) is 0 Å². The maximum Gasteiger partial charge on any atom is 0.313 e. The first-order chi connectivity index (χ1) is 9.08. The number of anilines is 1. The van der Waals surface area contributed by atoms with Gasteiger partial charge in [0.25, 0.3) is 0 Å². The van der Waals surface area contributed by atoms with E-state index in [0.717, 1.165) is 6.07 Å². The van der Waals surface area contributed by atoms with Crippen molar-refractivity contribution in [2.45, 2.75) is 0 Å². The average Bonchev–Trinajstić information content (AvgIpc) is 2.43. The Bertz CT molecular complexity index is 504. The van der Waals surface area contributed by atoms with Crippen molar-refractivity contribution >= 4 is 29.1 Å². The van der Waals surface area contributed by atoms with Gasteiger partial charge in [0.1, 0.15) is 5.82 Å². The van der Waals surface area contributed by atoms with E-state index in [1.54, 1.807) is 0 Å². The molecule has 1 aromatic carbocycles. The molecule has 0 aliphatic carbocycles. The summed E-state index contributed by atoms with van der Waals surface area (Å²) in [6.45, 7) is 2.33. The molecule has 1 aliphatic rings. The first-order valence-corrected chi connectivity index (χ1v) is 6.22. The van der Waals surface area contributed by atoms with Crippen LogP contribution in [0, 0.1) is 5.82 Å². The molecule has 2 amide bonds. The Kier molecular flexibility index (Phi) is 4.34. The van der Waals surface area contributed by atoms with E-state index >= 15 is 0 Å². The molecule has 1 aliphatic heterocycles. The van der Waals surface area contributed by atoms with Gasteiger partial charge in [0.2, 0.25) is 0 Å². The van der Waals surface area contributed by atoms with Gasteiger partial charge in [-0.25, -0.2) is 4.39 Å². The molecule has 5 nitrogen and oxygen atoms in total. The summed E-state index contributed by atoms with van der Waals surface area (Å²) >= 11 is 5.60. The summed E-state index contributed by atoms with van der Waals surface area (Å²) in [4.78, 5) is 25.1. The molecule has 1 fully saturated rings. The Morgan fingerprint density at radius 2 is 2.00 bits per heavy atom. The first kappa shape index (κ1) is 13.8. The van der Waals surface area contributed by atoms with Crippen molar-refractivity contribution < 1.29 is 14.0 Å². The molecule has 0 spiro atoms. The van der Waals surface area contributed by atoms with Gasteiger partial charge >= 0.3 is 11.8 Å². The van der Waals surface area contributed by atoms with E-state index in [2.05, 4.69) is 10.6 Å².